The largest absolute Gasteiger partial charge is 0.489 e. The lowest BCUT2D eigenvalue weighted by molar-refractivity contribution is -0.126. The summed E-state index contributed by atoms with van der Waals surface area (Å²) in [4.78, 5) is 21.5. The van der Waals surface area contributed by atoms with E-state index in [4.69, 9.17) is 15.3 Å². The average molecular weight is 422 g/mol. The van der Waals surface area contributed by atoms with Crippen molar-refractivity contribution < 1.29 is 18.8 Å². The zero-order valence-corrected chi connectivity index (χ0v) is 17.2. The second kappa shape index (κ2) is 10.2. The van der Waals surface area contributed by atoms with Gasteiger partial charge in [-0.1, -0.05) is 29.4 Å². The molecule has 0 aliphatic heterocycles. The molecule has 7 nitrogen and oxygen atoms in total. The van der Waals surface area contributed by atoms with Gasteiger partial charge in [0.05, 0.1) is 5.69 Å². The quantitative estimate of drug-likeness (QED) is 0.327. The number of benzene rings is 2. The number of nitrogens with one attached hydrogen (secondary N) is 1. The number of nitrogens with two attached hydrogens (primary N) is 1. The van der Waals surface area contributed by atoms with Gasteiger partial charge in [-0.05, 0) is 49.7 Å². The first-order valence-electron chi connectivity index (χ1n) is 9.61. The van der Waals surface area contributed by atoms with E-state index in [1.54, 1.807) is 49.6 Å². The summed E-state index contributed by atoms with van der Waals surface area (Å²) in [6, 6.07) is 15.3. The maximum atomic E-state index is 13.9. The Labute approximate surface area is 179 Å². The molecule has 160 valence electrons. The van der Waals surface area contributed by atoms with Crippen LogP contribution in [0.25, 0.3) is 0 Å². The number of ether oxygens (including phenoxy) is 1. The molecule has 1 heterocycles. The summed E-state index contributed by atoms with van der Waals surface area (Å²) in [5, 5.41) is 6.30. The molecule has 3 rings (SSSR count). The first-order valence-corrected chi connectivity index (χ1v) is 9.61. The van der Waals surface area contributed by atoms with Crippen LogP contribution in [-0.2, 0) is 16.2 Å². The molecule has 0 saturated carbocycles. The number of oxime groups is 1. The van der Waals surface area contributed by atoms with Gasteiger partial charge in [-0.15, -0.1) is 0 Å². The van der Waals surface area contributed by atoms with Crippen LogP contribution in [0.5, 0.6) is 5.75 Å². The zero-order valence-electron chi connectivity index (χ0n) is 17.2. The molecule has 8 heteroatoms. The van der Waals surface area contributed by atoms with E-state index >= 15 is 0 Å². The molecule has 2 aromatic carbocycles. The zero-order chi connectivity index (χ0) is 22.2. The van der Waals surface area contributed by atoms with Crippen molar-refractivity contribution >= 4 is 17.4 Å². The maximum Gasteiger partial charge on any atom is 0.268 e. The van der Waals surface area contributed by atoms with Gasteiger partial charge >= 0.3 is 0 Å². The first-order chi connectivity index (χ1) is 14.9. The summed E-state index contributed by atoms with van der Waals surface area (Å²) in [7, 11) is 0. The van der Waals surface area contributed by atoms with Crippen molar-refractivity contribution in [2.45, 2.75) is 26.6 Å². The summed E-state index contributed by atoms with van der Waals surface area (Å²) in [6.07, 6.45) is 2.44. The van der Waals surface area contributed by atoms with Crippen molar-refractivity contribution in [3.05, 3.63) is 89.5 Å². The monoisotopic (exact) mass is 422 g/mol. The molecule has 31 heavy (non-hydrogen) atoms. The molecule has 0 aliphatic carbocycles. The summed E-state index contributed by atoms with van der Waals surface area (Å²) in [5.41, 5.74) is 8.31. The first kappa shape index (κ1) is 21.8. The number of aromatic nitrogens is 1. The van der Waals surface area contributed by atoms with E-state index in [2.05, 4.69) is 15.5 Å². The number of amides is 1. The van der Waals surface area contributed by atoms with Gasteiger partial charge in [-0.3, -0.25) is 9.78 Å². The maximum absolute atomic E-state index is 13.9. The van der Waals surface area contributed by atoms with Gasteiger partial charge in [0.25, 0.3) is 5.91 Å². The minimum Gasteiger partial charge on any atom is -0.489 e. The van der Waals surface area contributed by atoms with Crippen LogP contribution in [-0.4, -0.2) is 22.8 Å². The molecule has 0 spiro atoms. The fourth-order valence-corrected chi connectivity index (χ4v) is 2.59. The number of pyridine rings is 1. The highest BCUT2D eigenvalue weighted by molar-refractivity contribution is 5.97. The van der Waals surface area contributed by atoms with E-state index < -0.39 is 17.8 Å². The van der Waals surface area contributed by atoms with Gasteiger partial charge < -0.3 is 20.6 Å². The Bertz CT molecular complexity index is 1070. The second-order valence-corrected chi connectivity index (χ2v) is 6.87. The Morgan fingerprint density at radius 1 is 1.23 bits per heavy atom. The summed E-state index contributed by atoms with van der Waals surface area (Å²) >= 11 is 0. The minimum absolute atomic E-state index is 0.0708. The lowest BCUT2D eigenvalue weighted by Gasteiger charge is -2.12. The third-order valence-electron chi connectivity index (χ3n) is 4.32. The Balaban J connectivity index is 1.58. The molecule has 3 aromatic rings. The number of nitrogens with zero attached hydrogens (tertiary/aromatic N) is 2. The Hall–Kier alpha value is -3.94. The van der Waals surface area contributed by atoms with Gasteiger partial charge in [-0.25, -0.2) is 4.39 Å². The molecular weight excluding hydrogens is 399 g/mol. The van der Waals surface area contributed by atoms with Crippen molar-refractivity contribution in [2.75, 3.05) is 5.32 Å². The predicted molar refractivity (Wildman–Crippen MR) is 116 cm³/mol. The molecule has 0 bridgehead atoms. The molecule has 1 amide bonds. The van der Waals surface area contributed by atoms with E-state index in [9.17, 15) is 9.18 Å². The molecule has 0 radical (unpaired) electrons. The van der Waals surface area contributed by atoms with E-state index in [1.165, 1.54) is 19.1 Å². The third kappa shape index (κ3) is 6.27. The third-order valence-corrected chi connectivity index (χ3v) is 4.32. The highest BCUT2D eigenvalue weighted by Crippen LogP contribution is 2.17. The van der Waals surface area contributed by atoms with Crippen LogP contribution in [0.4, 0.5) is 10.1 Å². The van der Waals surface area contributed by atoms with Crippen LogP contribution in [0.2, 0.25) is 0 Å². The number of hydrogen-bond donors (Lipinski definition) is 2. The standard InChI is InChI=1S/C23H23FN4O3/c1-15-8-9-21(20(24)11-15)27-23(29)16(2)31-28-22(25)18-6-3-7-19(12-18)30-14-17-5-4-10-26-13-17/h3-13,16H,14H2,1-2H3,(H2,25,28)(H,27,29). The van der Waals surface area contributed by atoms with Crippen molar-refractivity contribution in [2.24, 2.45) is 10.9 Å². The highest BCUT2D eigenvalue weighted by atomic mass is 19.1. The number of anilines is 1. The molecule has 1 aromatic heterocycles. The Kier molecular flexibility index (Phi) is 7.16. The molecule has 0 fully saturated rings. The SMILES string of the molecule is Cc1ccc(NC(=O)C(C)O/N=C(/N)c2cccc(OCc3cccnc3)c2)c(F)c1. The van der Waals surface area contributed by atoms with Gasteiger partial charge in [0.2, 0.25) is 6.10 Å². The number of aryl methyl sites for hydroxylation is 1. The second-order valence-electron chi connectivity index (χ2n) is 6.87. The number of carbonyl (C=O) groups excluding carboxylic acids is 1. The van der Waals surface area contributed by atoms with Crippen molar-refractivity contribution in [3.63, 3.8) is 0 Å². The lowest BCUT2D eigenvalue weighted by Crippen LogP contribution is -2.28. The van der Waals surface area contributed by atoms with Gasteiger partial charge in [0.15, 0.2) is 5.84 Å². The van der Waals surface area contributed by atoms with Crippen LogP contribution < -0.4 is 15.8 Å². The van der Waals surface area contributed by atoms with Gasteiger partial charge in [0, 0.05) is 23.5 Å². The number of halogens is 1. The fraction of sp³-hybridized carbons (Fsp3) is 0.174. The number of rotatable bonds is 8. The van der Waals surface area contributed by atoms with E-state index in [-0.39, 0.29) is 11.5 Å². The molecule has 0 saturated heterocycles. The number of hydrogen-bond acceptors (Lipinski definition) is 5. The fourth-order valence-electron chi connectivity index (χ4n) is 2.59. The number of amidine groups is 1. The summed E-state index contributed by atoms with van der Waals surface area (Å²) < 4.78 is 19.6. The van der Waals surface area contributed by atoms with E-state index in [0.29, 0.717) is 17.9 Å². The van der Waals surface area contributed by atoms with Gasteiger partial charge in [-0.2, -0.15) is 0 Å². The topological polar surface area (TPSA) is 98.8 Å². The molecule has 0 aliphatic rings. The molecule has 3 N–H and O–H groups in total. The summed E-state index contributed by atoms with van der Waals surface area (Å²) in [6.45, 7) is 3.61. The van der Waals surface area contributed by atoms with Crippen LogP contribution in [0.15, 0.2) is 72.1 Å². The molecular formula is C23H23FN4O3. The number of carbonyl (C=O) groups is 1. The van der Waals surface area contributed by atoms with Crippen molar-refractivity contribution in [1.82, 2.24) is 4.98 Å². The van der Waals surface area contributed by atoms with Crippen LogP contribution in [0, 0.1) is 12.7 Å². The van der Waals surface area contributed by atoms with Gasteiger partial charge in [0.1, 0.15) is 18.2 Å². The smallest absolute Gasteiger partial charge is 0.268 e. The molecule has 1 atom stereocenters. The summed E-state index contributed by atoms with van der Waals surface area (Å²) in [5.74, 6) is -0.396. The van der Waals surface area contributed by atoms with Crippen molar-refractivity contribution in [1.29, 1.82) is 0 Å². The highest BCUT2D eigenvalue weighted by Gasteiger charge is 2.16. The lowest BCUT2D eigenvalue weighted by atomic mass is 10.2. The Morgan fingerprint density at radius 3 is 2.81 bits per heavy atom. The van der Waals surface area contributed by atoms with Crippen LogP contribution >= 0.6 is 0 Å². The van der Waals surface area contributed by atoms with Crippen LogP contribution in [0.1, 0.15) is 23.6 Å². The van der Waals surface area contributed by atoms with E-state index in [0.717, 1.165) is 11.1 Å². The predicted octanol–water partition coefficient (Wildman–Crippen LogP) is 3.77. The normalized spacial score (nSPS) is 12.2. The molecule has 1 unspecified atom stereocenters. The Morgan fingerprint density at radius 2 is 2.06 bits per heavy atom. The minimum atomic E-state index is -0.982. The van der Waals surface area contributed by atoms with Crippen LogP contribution in [0.3, 0.4) is 0 Å². The van der Waals surface area contributed by atoms with E-state index in [1.807, 2.05) is 12.1 Å². The average Bonchev–Trinajstić information content (AvgIpc) is 2.78. The van der Waals surface area contributed by atoms with Crippen molar-refractivity contribution in [3.8, 4) is 5.75 Å².